The minimum atomic E-state index is -4.36. The van der Waals surface area contributed by atoms with E-state index < -0.39 is 18.6 Å². The van der Waals surface area contributed by atoms with Crippen LogP contribution in [0.15, 0.2) is 0 Å². The van der Waals surface area contributed by atoms with Crippen LogP contribution in [0.5, 0.6) is 0 Å². The average molecular weight is 349 g/mol. The van der Waals surface area contributed by atoms with E-state index in [1.807, 2.05) is 13.8 Å². The number of alkyl halides is 3. The van der Waals surface area contributed by atoms with Gasteiger partial charge in [0.15, 0.2) is 0 Å². The normalized spacial score (nSPS) is 13.9. The summed E-state index contributed by atoms with van der Waals surface area (Å²) < 4.78 is 38.7. The lowest BCUT2D eigenvalue weighted by molar-refractivity contribution is -0.143. The van der Waals surface area contributed by atoms with Gasteiger partial charge in [-0.15, -0.1) is 0 Å². The molecule has 0 saturated carbocycles. The van der Waals surface area contributed by atoms with E-state index in [0.29, 0.717) is 29.9 Å². The van der Waals surface area contributed by atoms with Gasteiger partial charge in [-0.1, -0.05) is 13.8 Å². The van der Waals surface area contributed by atoms with Gasteiger partial charge in [-0.25, -0.2) is 0 Å². The molecule has 1 rings (SSSR count). The molecule has 2 N–H and O–H groups in total. The lowest BCUT2D eigenvalue weighted by atomic mass is 9.89. The molecule has 1 aromatic rings. The van der Waals surface area contributed by atoms with Crippen LogP contribution in [-0.2, 0) is 11.3 Å². The molecule has 5 nitrogen and oxygen atoms in total. The van der Waals surface area contributed by atoms with Gasteiger partial charge in [0.1, 0.15) is 6.54 Å². The maximum absolute atomic E-state index is 12.6. The quantitative estimate of drug-likeness (QED) is 0.795. The highest BCUT2D eigenvalue weighted by Crippen LogP contribution is 2.27. The van der Waals surface area contributed by atoms with Crippen LogP contribution in [-0.4, -0.2) is 40.1 Å². The number of carbonyl (C=O) groups is 1. The van der Waals surface area contributed by atoms with Crippen molar-refractivity contribution in [2.75, 3.05) is 13.2 Å². The Labute approximate surface area is 140 Å². The molecule has 138 valence electrons. The Morgan fingerprint density at radius 2 is 1.92 bits per heavy atom. The van der Waals surface area contributed by atoms with Crippen molar-refractivity contribution in [3.05, 3.63) is 17.0 Å². The highest BCUT2D eigenvalue weighted by molar-refractivity contribution is 5.83. The largest absolute Gasteiger partial charge is 0.408 e. The summed E-state index contributed by atoms with van der Waals surface area (Å²) in [4.78, 5) is 12.4. The van der Waals surface area contributed by atoms with Crippen molar-refractivity contribution in [2.24, 2.45) is 5.41 Å². The fraction of sp³-hybridized carbons (Fsp3) is 0.750. The predicted molar refractivity (Wildman–Crippen MR) is 84.7 cm³/mol. The van der Waals surface area contributed by atoms with Crippen LogP contribution < -0.4 is 5.32 Å². The van der Waals surface area contributed by atoms with Gasteiger partial charge in [-0.05, 0) is 32.6 Å². The summed E-state index contributed by atoms with van der Waals surface area (Å²) in [6, 6.07) is 0. The summed E-state index contributed by atoms with van der Waals surface area (Å²) in [7, 11) is 0. The molecule has 1 aromatic heterocycles. The number of aliphatic hydroxyl groups excluding tert-OH is 1. The molecule has 0 bridgehead atoms. The Balaban J connectivity index is 2.87. The molecule has 0 aromatic carbocycles. The van der Waals surface area contributed by atoms with Gasteiger partial charge in [0.2, 0.25) is 5.91 Å². The van der Waals surface area contributed by atoms with Gasteiger partial charge in [0, 0.05) is 24.4 Å². The summed E-state index contributed by atoms with van der Waals surface area (Å²) in [6.07, 6.45) is -3.82. The van der Waals surface area contributed by atoms with Crippen molar-refractivity contribution in [1.82, 2.24) is 15.1 Å². The van der Waals surface area contributed by atoms with E-state index in [9.17, 15) is 18.0 Å². The van der Waals surface area contributed by atoms with Crippen molar-refractivity contribution < 1.29 is 23.1 Å². The van der Waals surface area contributed by atoms with Gasteiger partial charge in [-0.2, -0.15) is 18.3 Å². The van der Waals surface area contributed by atoms with Crippen LogP contribution >= 0.6 is 0 Å². The standard InChI is InChI=1S/C16H26F3N3O2/c1-10(14(24)20-8-15(4,5)6-7-23)13-11(2)21-22(12(13)3)9-16(17,18)19/h10,23H,6-9H2,1-5H3,(H,20,24). The number of rotatable bonds is 7. The molecular weight excluding hydrogens is 323 g/mol. The third-order valence-electron chi connectivity index (χ3n) is 4.12. The molecule has 8 heteroatoms. The fourth-order valence-electron chi connectivity index (χ4n) is 2.66. The van der Waals surface area contributed by atoms with Gasteiger partial charge in [-0.3, -0.25) is 9.48 Å². The van der Waals surface area contributed by atoms with Gasteiger partial charge in [0.05, 0.1) is 11.6 Å². The van der Waals surface area contributed by atoms with Crippen LogP contribution in [0.2, 0.25) is 0 Å². The molecule has 0 fully saturated rings. The molecule has 1 heterocycles. The Kier molecular flexibility index (Phi) is 6.44. The van der Waals surface area contributed by atoms with Gasteiger partial charge in [0.25, 0.3) is 0 Å². The molecule has 0 aliphatic carbocycles. The summed E-state index contributed by atoms with van der Waals surface area (Å²) in [5, 5.41) is 15.7. The lowest BCUT2D eigenvalue weighted by Crippen LogP contribution is -2.37. The average Bonchev–Trinajstić information content (AvgIpc) is 2.68. The minimum Gasteiger partial charge on any atom is -0.396 e. The highest BCUT2D eigenvalue weighted by Gasteiger charge is 2.32. The number of amides is 1. The van der Waals surface area contributed by atoms with Crippen LogP contribution in [0.4, 0.5) is 13.2 Å². The smallest absolute Gasteiger partial charge is 0.396 e. The zero-order chi connectivity index (χ0) is 18.7. The molecule has 24 heavy (non-hydrogen) atoms. The van der Waals surface area contributed by atoms with Gasteiger partial charge >= 0.3 is 6.18 Å². The Morgan fingerprint density at radius 1 is 1.33 bits per heavy atom. The van der Waals surface area contributed by atoms with Crippen LogP contribution in [0, 0.1) is 19.3 Å². The predicted octanol–water partition coefficient (Wildman–Crippen LogP) is 2.69. The summed E-state index contributed by atoms with van der Waals surface area (Å²) in [5.41, 5.74) is 1.04. The first-order chi connectivity index (χ1) is 10.9. The van der Waals surface area contributed by atoms with Crippen LogP contribution in [0.3, 0.4) is 0 Å². The second-order valence-electron chi connectivity index (χ2n) is 6.93. The van der Waals surface area contributed by atoms with E-state index in [-0.39, 0.29) is 17.9 Å². The zero-order valence-electron chi connectivity index (χ0n) is 14.8. The summed E-state index contributed by atoms with van der Waals surface area (Å²) in [6.45, 7) is 7.89. The van der Waals surface area contributed by atoms with Crippen molar-refractivity contribution in [2.45, 2.75) is 59.7 Å². The molecule has 1 amide bonds. The van der Waals surface area contributed by atoms with Crippen molar-refractivity contribution >= 4 is 5.91 Å². The van der Waals surface area contributed by atoms with E-state index in [4.69, 9.17) is 5.11 Å². The Morgan fingerprint density at radius 3 is 2.42 bits per heavy atom. The molecule has 0 spiro atoms. The second-order valence-corrected chi connectivity index (χ2v) is 6.93. The Bertz CT molecular complexity index is 580. The Hall–Kier alpha value is -1.57. The third kappa shape index (κ3) is 5.51. The van der Waals surface area contributed by atoms with Crippen molar-refractivity contribution in [3.8, 4) is 0 Å². The van der Waals surface area contributed by atoms with E-state index >= 15 is 0 Å². The summed E-state index contributed by atoms with van der Waals surface area (Å²) >= 11 is 0. The van der Waals surface area contributed by atoms with Crippen molar-refractivity contribution in [3.63, 3.8) is 0 Å². The molecule has 0 saturated heterocycles. The van der Waals surface area contributed by atoms with E-state index in [1.54, 1.807) is 20.8 Å². The number of hydrogen-bond acceptors (Lipinski definition) is 3. The number of aryl methyl sites for hydroxylation is 1. The molecule has 1 unspecified atom stereocenters. The molecule has 0 aliphatic heterocycles. The number of hydrogen-bond donors (Lipinski definition) is 2. The molecule has 0 radical (unpaired) electrons. The van der Waals surface area contributed by atoms with Gasteiger partial charge < -0.3 is 10.4 Å². The van der Waals surface area contributed by atoms with Crippen LogP contribution in [0.1, 0.15) is 50.1 Å². The number of nitrogens with one attached hydrogen (secondary N) is 1. The highest BCUT2D eigenvalue weighted by atomic mass is 19.4. The number of carbonyl (C=O) groups excluding carboxylic acids is 1. The van der Waals surface area contributed by atoms with E-state index in [0.717, 1.165) is 4.68 Å². The van der Waals surface area contributed by atoms with Crippen molar-refractivity contribution in [1.29, 1.82) is 0 Å². The first-order valence-electron chi connectivity index (χ1n) is 7.87. The monoisotopic (exact) mass is 349 g/mol. The number of halogens is 3. The lowest BCUT2D eigenvalue weighted by Gasteiger charge is -2.25. The molecule has 1 atom stereocenters. The molecular formula is C16H26F3N3O2. The number of aliphatic hydroxyl groups is 1. The third-order valence-corrected chi connectivity index (χ3v) is 4.12. The van der Waals surface area contributed by atoms with E-state index in [1.165, 1.54) is 0 Å². The van der Waals surface area contributed by atoms with Crippen LogP contribution in [0.25, 0.3) is 0 Å². The zero-order valence-corrected chi connectivity index (χ0v) is 14.8. The second kappa shape index (κ2) is 7.55. The molecule has 0 aliphatic rings. The number of nitrogens with zero attached hydrogens (tertiary/aromatic N) is 2. The maximum atomic E-state index is 12.6. The SMILES string of the molecule is Cc1nn(CC(F)(F)F)c(C)c1C(C)C(=O)NCC(C)(C)CCO. The number of aromatic nitrogens is 2. The maximum Gasteiger partial charge on any atom is 0.408 e. The topological polar surface area (TPSA) is 67.2 Å². The fourth-order valence-corrected chi connectivity index (χ4v) is 2.66. The van der Waals surface area contributed by atoms with E-state index in [2.05, 4.69) is 10.4 Å². The first kappa shape index (κ1) is 20.5. The first-order valence-corrected chi connectivity index (χ1v) is 7.87. The minimum absolute atomic E-state index is 0.0286. The summed E-state index contributed by atoms with van der Waals surface area (Å²) in [5.74, 6) is -0.865.